The Kier molecular flexibility index (Phi) is 12.8. The molecule has 18 heteroatoms. The van der Waals surface area contributed by atoms with E-state index in [1.807, 2.05) is 50.2 Å². The molecule has 71 heavy (non-hydrogen) atoms. The van der Waals surface area contributed by atoms with Gasteiger partial charge in [-0.15, -0.1) is 0 Å². The van der Waals surface area contributed by atoms with Crippen LogP contribution in [-0.2, 0) is 26.7 Å². The lowest BCUT2D eigenvalue weighted by Gasteiger charge is -2.46. The molecule has 0 radical (unpaired) electrons. The molecule has 10 rings (SSSR count). The van der Waals surface area contributed by atoms with E-state index in [1.165, 1.54) is 4.90 Å². The third-order valence-electron chi connectivity index (χ3n) is 13.9. The van der Waals surface area contributed by atoms with Crippen LogP contribution in [0.15, 0.2) is 97.3 Å². The van der Waals surface area contributed by atoms with Gasteiger partial charge in [0.25, 0.3) is 0 Å². The highest BCUT2D eigenvalue weighted by atomic mass is 19.4. The highest BCUT2D eigenvalue weighted by Gasteiger charge is 2.49. The van der Waals surface area contributed by atoms with Crippen molar-refractivity contribution in [2.75, 3.05) is 36.8 Å². The Morgan fingerprint density at radius 2 is 1.01 bits per heavy atom. The van der Waals surface area contributed by atoms with Gasteiger partial charge >= 0.3 is 18.4 Å². The quantitative estimate of drug-likeness (QED) is 0.0858. The van der Waals surface area contributed by atoms with E-state index in [-0.39, 0.29) is 48.9 Å². The van der Waals surface area contributed by atoms with Crippen LogP contribution in [0.2, 0.25) is 0 Å². The van der Waals surface area contributed by atoms with Crippen LogP contribution >= 0.6 is 0 Å². The molecule has 2 saturated carbocycles. The Morgan fingerprint density at radius 3 is 1.38 bits per heavy atom. The number of anilines is 2. The highest BCUT2D eigenvalue weighted by molar-refractivity contribution is 6.05. The summed E-state index contributed by atoms with van der Waals surface area (Å²) in [5.74, 6) is 1.52. The van der Waals surface area contributed by atoms with Gasteiger partial charge in [-0.3, -0.25) is 9.59 Å². The summed E-state index contributed by atoms with van der Waals surface area (Å²) in [6.45, 7) is 11.0. The molecule has 2 aliphatic carbocycles. The summed E-state index contributed by atoms with van der Waals surface area (Å²) in [4.78, 5) is 45.7. The number of H-pyrrole nitrogens is 2. The first-order valence-electron chi connectivity index (χ1n) is 23.6. The van der Waals surface area contributed by atoms with Crippen molar-refractivity contribution in [2.24, 2.45) is 10.8 Å². The second-order valence-electron chi connectivity index (χ2n) is 20.8. The molecule has 4 heterocycles. The number of benzene rings is 4. The molecule has 3 amide bonds. The lowest BCUT2D eigenvalue weighted by atomic mass is 9.77. The molecule has 0 spiro atoms. The van der Waals surface area contributed by atoms with E-state index in [0.717, 1.165) is 75.7 Å². The van der Waals surface area contributed by atoms with Gasteiger partial charge in [0.2, 0.25) is 11.8 Å². The largest absolute Gasteiger partial charge is 0.490 e. The summed E-state index contributed by atoms with van der Waals surface area (Å²) in [6, 6.07) is 22.0. The van der Waals surface area contributed by atoms with Crippen LogP contribution in [0.3, 0.4) is 0 Å². The number of nitrogens with one attached hydrogen (secondary N) is 5. The molecule has 2 aliphatic heterocycles. The predicted molar refractivity (Wildman–Crippen MR) is 256 cm³/mol. The number of rotatable bonds is 10. The summed E-state index contributed by atoms with van der Waals surface area (Å²) in [6.07, 6.45) is -2.67. The number of carbonyl (C=O) groups excluding carboxylic acids is 3. The Balaban J connectivity index is 0.000000179. The molecule has 2 aromatic heterocycles. The van der Waals surface area contributed by atoms with Crippen LogP contribution in [0.1, 0.15) is 94.4 Å². The molecule has 6 aromatic rings. The van der Waals surface area contributed by atoms with E-state index < -0.39 is 46.0 Å². The molecule has 5 N–H and O–H groups in total. The SMILES string of the molecule is CC(C)(C)OC(=O)N1CC(C)(C(=O)Nc2c[nH]c3ccc(OC4CC(c5ccc(C(F)(F)F)cc5)C4)cc23)C1.CC1(C(=O)Nc2c[nH]c3ccc(OC4CC(c5ccc(C(F)(F)F)cc5)C4)cc23)CNC1. The molecule has 4 aromatic carbocycles. The number of halogens is 6. The fourth-order valence-corrected chi connectivity index (χ4v) is 9.30. The maximum absolute atomic E-state index is 13.1. The van der Waals surface area contributed by atoms with Gasteiger partial charge in [0.1, 0.15) is 17.1 Å². The van der Waals surface area contributed by atoms with Gasteiger partial charge < -0.3 is 45.0 Å². The average molecular weight is 987 g/mol. The third kappa shape index (κ3) is 10.8. The number of likely N-dealkylation sites (tertiary alicyclic amines) is 1. The highest BCUT2D eigenvalue weighted by Crippen LogP contribution is 2.43. The number of aromatic nitrogens is 2. The number of hydrogen-bond donors (Lipinski definition) is 5. The molecule has 376 valence electrons. The van der Waals surface area contributed by atoms with Gasteiger partial charge in [-0.2, -0.15) is 26.3 Å². The fraction of sp³-hybridized carbons (Fsp3) is 0.415. The number of alkyl halides is 6. The first kappa shape index (κ1) is 49.3. The number of hydrogen-bond acceptors (Lipinski definition) is 7. The third-order valence-corrected chi connectivity index (χ3v) is 13.9. The van der Waals surface area contributed by atoms with E-state index in [2.05, 4.69) is 25.9 Å². The number of amides is 3. The van der Waals surface area contributed by atoms with Crippen LogP contribution in [0.25, 0.3) is 21.8 Å². The van der Waals surface area contributed by atoms with Crippen molar-refractivity contribution in [1.82, 2.24) is 20.2 Å². The number of fused-ring (bicyclic) bond motifs is 2. The van der Waals surface area contributed by atoms with E-state index in [1.54, 1.807) is 57.4 Å². The maximum Gasteiger partial charge on any atom is 0.416 e. The minimum absolute atomic E-state index is 0.0108. The Bertz CT molecular complexity index is 2920. The van der Waals surface area contributed by atoms with Gasteiger partial charge in [0.05, 0.1) is 45.5 Å². The van der Waals surface area contributed by atoms with Crippen LogP contribution in [0.5, 0.6) is 11.5 Å². The molecule has 4 aliphatic rings. The van der Waals surface area contributed by atoms with Crippen LogP contribution in [0.4, 0.5) is 42.5 Å². The minimum Gasteiger partial charge on any atom is -0.490 e. The maximum atomic E-state index is 13.1. The van der Waals surface area contributed by atoms with Crippen molar-refractivity contribution in [3.63, 3.8) is 0 Å². The average Bonchev–Trinajstić information content (AvgIpc) is 3.85. The Morgan fingerprint density at radius 1 is 0.606 bits per heavy atom. The number of ether oxygens (including phenoxy) is 3. The standard InChI is InChI=1S/C29H32F3N3O4.C24H24F3N3O2/c1-27(2,3)39-26(37)35-15-28(4,16-35)25(36)34-24-14-33-23-10-9-20(13-22(23)24)38-21-11-18(12-21)17-5-7-19(8-6-17)29(30,31)32;1-23(12-28-13-23)22(31)30-21-11-29-20-7-6-17(10-19(20)21)32-18-8-15(9-18)14-2-4-16(5-3-14)24(25,26)27/h5-10,13-14,18,21,33H,11-12,15-16H2,1-4H3,(H,34,36);2-7,10-11,15,18,28-29H,8-9,12-13H2,1H3,(H,30,31). The zero-order valence-corrected chi connectivity index (χ0v) is 39.9. The van der Waals surface area contributed by atoms with Crippen LogP contribution < -0.4 is 25.4 Å². The van der Waals surface area contributed by atoms with Gasteiger partial charge in [-0.1, -0.05) is 24.3 Å². The summed E-state index contributed by atoms with van der Waals surface area (Å²) in [7, 11) is 0. The Labute approximate surface area is 406 Å². The second kappa shape index (κ2) is 18.5. The van der Waals surface area contributed by atoms with Crippen molar-refractivity contribution >= 4 is 51.1 Å². The topological polar surface area (TPSA) is 150 Å². The first-order chi connectivity index (χ1) is 33.4. The van der Waals surface area contributed by atoms with E-state index in [9.17, 15) is 40.7 Å². The molecule has 12 nitrogen and oxygen atoms in total. The van der Waals surface area contributed by atoms with Crippen molar-refractivity contribution in [1.29, 1.82) is 0 Å². The van der Waals surface area contributed by atoms with Gasteiger partial charge in [0, 0.05) is 60.4 Å². The molecule has 4 fully saturated rings. The van der Waals surface area contributed by atoms with Gasteiger partial charge in [-0.05, 0) is 144 Å². The van der Waals surface area contributed by atoms with E-state index in [0.29, 0.717) is 43.1 Å². The number of nitrogens with zero attached hydrogens (tertiary/aromatic N) is 1. The zero-order valence-electron chi connectivity index (χ0n) is 39.9. The number of carbonyl (C=O) groups is 3. The van der Waals surface area contributed by atoms with Gasteiger partial charge in [0.15, 0.2) is 0 Å². The summed E-state index contributed by atoms with van der Waals surface area (Å²) < 4.78 is 94.3. The smallest absolute Gasteiger partial charge is 0.416 e. The molecular weight excluding hydrogens is 931 g/mol. The lowest BCUT2D eigenvalue weighted by molar-refractivity contribution is -0.138. The monoisotopic (exact) mass is 986 g/mol. The lowest BCUT2D eigenvalue weighted by Crippen LogP contribution is -2.62. The summed E-state index contributed by atoms with van der Waals surface area (Å²) in [5, 5.41) is 10.8. The Hall–Kier alpha value is -6.69. The van der Waals surface area contributed by atoms with E-state index in [4.69, 9.17) is 14.2 Å². The summed E-state index contributed by atoms with van der Waals surface area (Å²) >= 11 is 0. The molecule has 0 bridgehead atoms. The summed E-state index contributed by atoms with van der Waals surface area (Å²) in [5.41, 5.74) is 1.87. The second-order valence-corrected chi connectivity index (χ2v) is 20.8. The molecular formula is C53H56F6N6O6. The van der Waals surface area contributed by atoms with Crippen LogP contribution in [0, 0.1) is 10.8 Å². The van der Waals surface area contributed by atoms with Crippen LogP contribution in [-0.4, -0.2) is 76.8 Å². The predicted octanol–water partition coefficient (Wildman–Crippen LogP) is 11.8. The molecule has 0 unspecified atom stereocenters. The van der Waals surface area contributed by atoms with Crippen molar-refractivity contribution in [2.45, 2.75) is 102 Å². The van der Waals surface area contributed by atoms with Crippen molar-refractivity contribution in [3.8, 4) is 11.5 Å². The van der Waals surface area contributed by atoms with Gasteiger partial charge in [-0.25, -0.2) is 4.79 Å². The number of aromatic amines is 2. The molecule has 2 saturated heterocycles. The first-order valence-corrected chi connectivity index (χ1v) is 23.6. The zero-order chi connectivity index (χ0) is 50.7. The minimum atomic E-state index is -4.34. The normalized spacial score (nSPS) is 21.3. The van der Waals surface area contributed by atoms with Crippen molar-refractivity contribution in [3.05, 3.63) is 120 Å². The van der Waals surface area contributed by atoms with E-state index >= 15 is 0 Å². The fourth-order valence-electron chi connectivity index (χ4n) is 9.30. The molecule has 0 atom stereocenters. The van der Waals surface area contributed by atoms with Crippen molar-refractivity contribution < 1.29 is 54.9 Å².